The first-order valence-electron chi connectivity index (χ1n) is 9.29. The first-order valence-corrected chi connectivity index (χ1v) is 10.0. The summed E-state index contributed by atoms with van der Waals surface area (Å²) in [6, 6.07) is 10.0. The zero-order valence-corrected chi connectivity index (χ0v) is 18.2. The lowest BCUT2D eigenvalue weighted by atomic mass is 9.83. The molecule has 3 aromatic rings. The van der Waals surface area contributed by atoms with Crippen molar-refractivity contribution in [3.8, 4) is 5.75 Å². The number of hydrogen-bond donors (Lipinski definition) is 1. The summed E-state index contributed by atoms with van der Waals surface area (Å²) >= 11 is 12.5. The Morgan fingerprint density at radius 3 is 2.68 bits per heavy atom. The molecule has 1 aliphatic rings. The molecule has 0 unspecified atom stereocenters. The smallest absolute Gasteiger partial charge is 0.340 e. The van der Waals surface area contributed by atoms with Crippen LogP contribution in [-0.4, -0.2) is 17.6 Å². The molecule has 9 heteroatoms. The van der Waals surface area contributed by atoms with E-state index in [2.05, 4.69) is 0 Å². The number of carbonyl (C=O) groups excluding carboxylic acids is 1. The monoisotopic (exact) mass is 460 g/mol. The molecule has 0 bridgehead atoms. The maximum atomic E-state index is 13.6. The van der Waals surface area contributed by atoms with E-state index in [9.17, 15) is 9.59 Å². The molecule has 0 spiro atoms. The van der Waals surface area contributed by atoms with Crippen LogP contribution < -0.4 is 16.0 Å². The van der Waals surface area contributed by atoms with Gasteiger partial charge in [0.1, 0.15) is 17.1 Å². The molecule has 0 fully saturated rings. The number of rotatable bonds is 4. The van der Waals surface area contributed by atoms with Crippen molar-refractivity contribution in [1.82, 2.24) is 4.57 Å². The number of halogens is 2. The van der Waals surface area contributed by atoms with Crippen molar-refractivity contribution in [2.24, 2.45) is 5.73 Å². The van der Waals surface area contributed by atoms with Crippen LogP contribution in [0.2, 0.25) is 10.0 Å². The molecule has 1 aliphatic heterocycles. The molecule has 7 nitrogen and oxygen atoms in total. The molecule has 31 heavy (non-hydrogen) atoms. The average molecular weight is 461 g/mol. The quantitative estimate of drug-likeness (QED) is 0.591. The van der Waals surface area contributed by atoms with Gasteiger partial charge in [0.05, 0.1) is 31.4 Å². The Labute approximate surface area is 187 Å². The van der Waals surface area contributed by atoms with E-state index < -0.39 is 11.9 Å². The summed E-state index contributed by atoms with van der Waals surface area (Å²) in [6.07, 6.45) is 1.53. The number of methoxy groups -OCH3 is 1. The first kappa shape index (κ1) is 21.1. The Hall–Kier alpha value is -3.16. The fourth-order valence-corrected chi connectivity index (χ4v) is 4.21. The van der Waals surface area contributed by atoms with Gasteiger partial charge in [0, 0.05) is 21.8 Å². The molecule has 160 valence electrons. The van der Waals surface area contributed by atoms with Gasteiger partial charge in [-0.25, -0.2) is 4.79 Å². The second-order valence-electron chi connectivity index (χ2n) is 7.00. The zero-order valence-electron chi connectivity index (χ0n) is 16.6. The lowest BCUT2D eigenvalue weighted by molar-refractivity contribution is -0.136. The van der Waals surface area contributed by atoms with E-state index in [-0.39, 0.29) is 39.9 Å². The lowest BCUT2D eigenvalue weighted by Gasteiger charge is -2.29. The van der Waals surface area contributed by atoms with E-state index in [0.29, 0.717) is 22.0 Å². The number of nitrogens with zero attached hydrogens (tertiary/aromatic N) is 1. The van der Waals surface area contributed by atoms with Crippen LogP contribution in [0.25, 0.3) is 0 Å². The zero-order chi connectivity index (χ0) is 22.3. The van der Waals surface area contributed by atoms with E-state index in [1.807, 2.05) is 0 Å². The minimum Gasteiger partial charge on any atom is -0.467 e. The topological polar surface area (TPSA) is 96.7 Å². The summed E-state index contributed by atoms with van der Waals surface area (Å²) in [5.74, 6) is -0.933. The third-order valence-electron chi connectivity index (χ3n) is 5.14. The second-order valence-corrected chi connectivity index (χ2v) is 7.85. The van der Waals surface area contributed by atoms with Crippen LogP contribution in [0.5, 0.6) is 5.75 Å². The minimum atomic E-state index is -0.906. The second kappa shape index (κ2) is 8.17. The highest BCUT2D eigenvalue weighted by atomic mass is 35.5. The van der Waals surface area contributed by atoms with Gasteiger partial charge in [0.25, 0.3) is 5.56 Å². The molecule has 0 aliphatic carbocycles. The van der Waals surface area contributed by atoms with Crippen molar-refractivity contribution < 1.29 is 18.7 Å². The molecule has 2 N–H and O–H groups in total. The van der Waals surface area contributed by atoms with Crippen molar-refractivity contribution in [3.63, 3.8) is 0 Å². The van der Waals surface area contributed by atoms with Gasteiger partial charge in [0.2, 0.25) is 5.88 Å². The Morgan fingerprint density at radius 2 is 2.03 bits per heavy atom. The fraction of sp³-hybridized carbons (Fsp3) is 0.182. The number of aryl methyl sites for hydroxylation is 1. The highest BCUT2D eigenvalue weighted by molar-refractivity contribution is 6.35. The van der Waals surface area contributed by atoms with Crippen LogP contribution in [0.15, 0.2) is 63.3 Å². The van der Waals surface area contributed by atoms with Gasteiger partial charge in [0.15, 0.2) is 0 Å². The molecule has 4 rings (SSSR count). The van der Waals surface area contributed by atoms with Crippen LogP contribution in [0.1, 0.15) is 28.5 Å². The summed E-state index contributed by atoms with van der Waals surface area (Å²) in [5.41, 5.74) is 7.04. The Morgan fingerprint density at radius 1 is 1.26 bits per heavy atom. The van der Waals surface area contributed by atoms with Gasteiger partial charge in [-0.15, -0.1) is 0 Å². The highest BCUT2D eigenvalue weighted by Crippen LogP contribution is 2.43. The minimum absolute atomic E-state index is 0.00951. The van der Waals surface area contributed by atoms with Crippen LogP contribution in [0, 0.1) is 6.92 Å². The molecule has 3 heterocycles. The predicted octanol–water partition coefficient (Wildman–Crippen LogP) is 3.97. The van der Waals surface area contributed by atoms with E-state index in [1.165, 1.54) is 24.0 Å². The number of aromatic nitrogens is 1. The number of carbonyl (C=O) groups is 1. The number of esters is 1. The predicted molar refractivity (Wildman–Crippen MR) is 115 cm³/mol. The molecule has 0 saturated heterocycles. The Kier molecular flexibility index (Phi) is 5.56. The van der Waals surface area contributed by atoms with Gasteiger partial charge < -0.3 is 24.2 Å². The Balaban J connectivity index is 1.99. The summed E-state index contributed by atoms with van der Waals surface area (Å²) in [7, 11) is 1.23. The molecule has 0 amide bonds. The van der Waals surface area contributed by atoms with E-state index in [4.69, 9.17) is 42.8 Å². The van der Waals surface area contributed by atoms with E-state index in [0.717, 1.165) is 0 Å². The van der Waals surface area contributed by atoms with Crippen molar-refractivity contribution in [3.05, 3.63) is 97.1 Å². The van der Waals surface area contributed by atoms with Crippen LogP contribution in [0.4, 0.5) is 0 Å². The molecular formula is C22H18Cl2N2O5. The van der Waals surface area contributed by atoms with Crippen molar-refractivity contribution in [2.45, 2.75) is 19.4 Å². The van der Waals surface area contributed by atoms with E-state index in [1.54, 1.807) is 37.3 Å². The maximum Gasteiger partial charge on any atom is 0.340 e. The first-order chi connectivity index (χ1) is 14.8. The third-order valence-corrected chi connectivity index (χ3v) is 5.70. The van der Waals surface area contributed by atoms with Gasteiger partial charge in [-0.1, -0.05) is 29.3 Å². The molecular weight excluding hydrogens is 443 g/mol. The molecule has 1 aromatic carbocycles. The number of nitrogens with two attached hydrogens (primary N) is 1. The van der Waals surface area contributed by atoms with Gasteiger partial charge in [-0.05, 0) is 36.8 Å². The molecule has 0 saturated carbocycles. The van der Waals surface area contributed by atoms with Gasteiger partial charge >= 0.3 is 5.97 Å². The summed E-state index contributed by atoms with van der Waals surface area (Å²) in [6.45, 7) is 1.98. The number of furan rings is 1. The van der Waals surface area contributed by atoms with Crippen molar-refractivity contribution in [1.29, 1.82) is 0 Å². The van der Waals surface area contributed by atoms with Gasteiger partial charge in [-0.2, -0.15) is 0 Å². The largest absolute Gasteiger partial charge is 0.467 e. The lowest BCUT2D eigenvalue weighted by Crippen LogP contribution is -2.35. The summed E-state index contributed by atoms with van der Waals surface area (Å²) in [4.78, 5) is 26.3. The summed E-state index contributed by atoms with van der Waals surface area (Å²) < 4.78 is 17.5. The maximum absolute atomic E-state index is 13.6. The molecule has 0 radical (unpaired) electrons. The molecule has 2 aromatic heterocycles. The highest BCUT2D eigenvalue weighted by Gasteiger charge is 2.39. The summed E-state index contributed by atoms with van der Waals surface area (Å²) in [5, 5.41) is 0.689. The normalized spacial score (nSPS) is 15.4. The fourth-order valence-electron chi connectivity index (χ4n) is 3.70. The van der Waals surface area contributed by atoms with Crippen LogP contribution in [-0.2, 0) is 16.1 Å². The van der Waals surface area contributed by atoms with Crippen molar-refractivity contribution in [2.75, 3.05) is 7.11 Å². The number of pyridine rings is 1. The van der Waals surface area contributed by atoms with Crippen LogP contribution >= 0.6 is 23.2 Å². The standard InChI is InChI=1S/C22H18Cl2N2O5/c1-11-8-16-18(21(27)26(11)10-13-4-3-7-30-13)17(14-6-5-12(23)9-15(14)24)19(20(25)31-16)22(28)29-2/h3-9,17H,10,25H2,1-2H3/t17-/m1/s1. The third kappa shape index (κ3) is 3.71. The number of benzene rings is 1. The average Bonchev–Trinajstić information content (AvgIpc) is 3.23. The van der Waals surface area contributed by atoms with Crippen molar-refractivity contribution >= 4 is 29.2 Å². The number of ether oxygens (including phenoxy) is 2. The van der Waals surface area contributed by atoms with Crippen LogP contribution in [0.3, 0.4) is 0 Å². The van der Waals surface area contributed by atoms with Gasteiger partial charge in [-0.3, -0.25) is 4.79 Å². The number of fused-ring (bicyclic) bond motifs is 1. The number of hydrogen-bond acceptors (Lipinski definition) is 6. The SMILES string of the molecule is COC(=O)C1=C(N)Oc2cc(C)n(Cc3ccco3)c(=O)c2[C@H]1c1ccc(Cl)cc1Cl. The Bertz CT molecular complexity index is 1260. The molecule has 1 atom stereocenters. The van der Waals surface area contributed by atoms with E-state index >= 15 is 0 Å².